The van der Waals surface area contributed by atoms with E-state index in [0.717, 1.165) is 16.6 Å². The van der Waals surface area contributed by atoms with Gasteiger partial charge in [0.2, 0.25) is 0 Å². The first-order valence-corrected chi connectivity index (χ1v) is 13.1. The summed E-state index contributed by atoms with van der Waals surface area (Å²) in [6.45, 7) is 3.22. The van der Waals surface area contributed by atoms with Crippen LogP contribution in [0.15, 0.2) is 77.8 Å². The van der Waals surface area contributed by atoms with Gasteiger partial charge in [-0.3, -0.25) is 9.78 Å². The van der Waals surface area contributed by atoms with Crippen LogP contribution < -0.4 is 14.4 Å². The minimum atomic E-state index is -4.26. The van der Waals surface area contributed by atoms with Crippen LogP contribution in [0.25, 0.3) is 22.2 Å². The first-order valence-electron chi connectivity index (χ1n) is 11.6. The Bertz CT molecular complexity index is 1590. The van der Waals surface area contributed by atoms with Crippen LogP contribution in [0.2, 0.25) is 0 Å². The topological polar surface area (TPSA) is 111 Å². The van der Waals surface area contributed by atoms with Gasteiger partial charge in [0.05, 0.1) is 23.9 Å². The molecule has 0 spiro atoms. The quantitative estimate of drug-likeness (QED) is 0.395. The van der Waals surface area contributed by atoms with E-state index in [2.05, 4.69) is 14.7 Å². The fraction of sp³-hybridized carbons (Fsp3) is 0.222. The molecule has 0 unspecified atom stereocenters. The fourth-order valence-corrected chi connectivity index (χ4v) is 5.55. The number of carbonyl (C=O) groups is 1. The van der Waals surface area contributed by atoms with Crippen molar-refractivity contribution in [1.29, 1.82) is 0 Å². The van der Waals surface area contributed by atoms with Gasteiger partial charge in [-0.2, -0.15) is 0 Å². The van der Waals surface area contributed by atoms with Crippen LogP contribution >= 0.6 is 0 Å². The van der Waals surface area contributed by atoms with E-state index < -0.39 is 15.9 Å². The number of ether oxygens (including phenoxy) is 2. The second-order valence-corrected chi connectivity index (χ2v) is 10.7. The molecular formula is C27H26N4O5S. The Morgan fingerprint density at radius 3 is 2.54 bits per heavy atom. The normalized spacial score (nSPS) is 14.7. The van der Waals surface area contributed by atoms with Crippen LogP contribution in [-0.4, -0.2) is 57.2 Å². The number of methoxy groups -OCH3 is 2. The number of nitrogens with zero attached hydrogens (tertiary/aromatic N) is 3. The highest BCUT2D eigenvalue weighted by molar-refractivity contribution is 7.90. The summed E-state index contributed by atoms with van der Waals surface area (Å²) in [5, 5.41) is 0.799. The molecule has 0 radical (unpaired) electrons. The summed E-state index contributed by atoms with van der Waals surface area (Å²) in [6.07, 6.45) is 1.70. The van der Waals surface area contributed by atoms with E-state index in [1.165, 1.54) is 19.2 Å². The number of hydrogen-bond acceptors (Lipinski definition) is 8. The Hall–Kier alpha value is -4.02. The minimum Gasteiger partial charge on any atom is -0.495 e. The van der Waals surface area contributed by atoms with Gasteiger partial charge in [-0.15, -0.1) is 0 Å². The van der Waals surface area contributed by atoms with Gasteiger partial charge < -0.3 is 14.4 Å². The molecule has 1 aliphatic rings. The maximum atomic E-state index is 13.3. The average molecular weight is 519 g/mol. The Labute approximate surface area is 215 Å². The van der Waals surface area contributed by atoms with E-state index >= 15 is 0 Å². The maximum Gasteiger partial charge on any atom is 0.283 e. The van der Waals surface area contributed by atoms with E-state index in [4.69, 9.17) is 9.47 Å². The number of sulfonamides is 1. The Morgan fingerprint density at radius 2 is 1.84 bits per heavy atom. The number of aromatic nitrogens is 2. The molecule has 0 saturated carbocycles. The molecule has 2 aromatic carbocycles. The molecule has 1 aliphatic heterocycles. The van der Waals surface area contributed by atoms with E-state index in [1.54, 1.807) is 37.6 Å². The summed E-state index contributed by atoms with van der Waals surface area (Å²) in [5.41, 5.74) is 2.56. The second kappa shape index (κ2) is 9.45. The summed E-state index contributed by atoms with van der Waals surface area (Å²) in [5.74, 6) is -0.709. The predicted molar refractivity (Wildman–Crippen MR) is 140 cm³/mol. The van der Waals surface area contributed by atoms with Crippen molar-refractivity contribution in [2.24, 2.45) is 0 Å². The number of rotatable bonds is 7. The van der Waals surface area contributed by atoms with Crippen molar-refractivity contribution >= 4 is 32.5 Å². The van der Waals surface area contributed by atoms with Crippen molar-refractivity contribution < 1.29 is 22.7 Å². The van der Waals surface area contributed by atoms with Gasteiger partial charge in [0.25, 0.3) is 15.9 Å². The smallest absolute Gasteiger partial charge is 0.283 e. The average Bonchev–Trinajstić information content (AvgIpc) is 2.90. The van der Waals surface area contributed by atoms with Crippen LogP contribution in [0.4, 0.5) is 5.69 Å². The third kappa shape index (κ3) is 4.73. The molecule has 0 atom stereocenters. The van der Waals surface area contributed by atoms with Crippen LogP contribution in [0, 0.1) is 0 Å². The molecule has 1 N–H and O–H groups in total. The summed E-state index contributed by atoms with van der Waals surface area (Å²) in [4.78, 5) is 23.7. The molecular weight excluding hydrogens is 492 g/mol. The van der Waals surface area contributed by atoms with Crippen molar-refractivity contribution in [3.8, 4) is 17.0 Å². The molecule has 0 aliphatic carbocycles. The molecule has 1 fully saturated rings. The molecule has 2 aromatic heterocycles. The zero-order valence-corrected chi connectivity index (χ0v) is 21.5. The number of benzene rings is 2. The number of fused-ring (bicyclic) bond motifs is 1. The zero-order chi connectivity index (χ0) is 26.2. The SMILES string of the molecule is COc1ccc(N2CC(C)(OC)C2)cc1S(=O)(=O)NC(=O)c1ccc2c(-c3ccccn3)cccc2n1. The molecule has 4 aromatic rings. The van der Waals surface area contributed by atoms with Crippen molar-refractivity contribution in [1.82, 2.24) is 14.7 Å². The lowest BCUT2D eigenvalue weighted by atomic mass is 9.95. The first-order chi connectivity index (χ1) is 17.7. The number of nitrogens with one attached hydrogen (secondary N) is 1. The first kappa shape index (κ1) is 24.7. The lowest BCUT2D eigenvalue weighted by Crippen LogP contribution is -2.61. The van der Waals surface area contributed by atoms with Gasteiger partial charge in [-0.25, -0.2) is 18.1 Å². The zero-order valence-electron chi connectivity index (χ0n) is 20.6. The highest BCUT2D eigenvalue weighted by Gasteiger charge is 2.39. The summed E-state index contributed by atoms with van der Waals surface area (Å²) >= 11 is 0. The van der Waals surface area contributed by atoms with Gasteiger partial charge in [-0.05, 0) is 55.5 Å². The molecule has 0 bridgehead atoms. The Kier molecular flexibility index (Phi) is 6.30. The molecule has 190 valence electrons. The fourth-order valence-electron chi connectivity index (χ4n) is 4.40. The van der Waals surface area contributed by atoms with E-state index in [1.807, 2.05) is 42.2 Å². The van der Waals surface area contributed by atoms with Crippen molar-refractivity contribution in [2.75, 3.05) is 32.2 Å². The van der Waals surface area contributed by atoms with E-state index in [-0.39, 0.29) is 21.9 Å². The van der Waals surface area contributed by atoms with E-state index in [9.17, 15) is 13.2 Å². The third-order valence-corrected chi connectivity index (χ3v) is 7.83. The Balaban J connectivity index is 1.42. The van der Waals surface area contributed by atoms with Gasteiger partial charge in [0.15, 0.2) is 0 Å². The predicted octanol–water partition coefficient (Wildman–Crippen LogP) is 3.65. The lowest BCUT2D eigenvalue weighted by Gasteiger charge is -2.48. The van der Waals surface area contributed by atoms with Crippen molar-refractivity contribution in [3.63, 3.8) is 0 Å². The van der Waals surface area contributed by atoms with Gasteiger partial charge in [0.1, 0.15) is 16.3 Å². The second-order valence-electron chi connectivity index (χ2n) is 9.06. The molecule has 10 heteroatoms. The maximum absolute atomic E-state index is 13.3. The molecule has 37 heavy (non-hydrogen) atoms. The van der Waals surface area contributed by atoms with Crippen LogP contribution in [-0.2, 0) is 14.8 Å². The largest absolute Gasteiger partial charge is 0.495 e. The summed E-state index contributed by atoms with van der Waals surface area (Å²) in [7, 11) is -1.23. The van der Waals surface area contributed by atoms with Crippen LogP contribution in [0.5, 0.6) is 5.75 Å². The minimum absolute atomic E-state index is 0.0250. The molecule has 5 rings (SSSR count). The molecule has 1 saturated heterocycles. The monoisotopic (exact) mass is 518 g/mol. The van der Waals surface area contributed by atoms with Crippen LogP contribution in [0.1, 0.15) is 17.4 Å². The Morgan fingerprint density at radius 1 is 1.03 bits per heavy atom. The highest BCUT2D eigenvalue weighted by atomic mass is 32.2. The number of amides is 1. The number of anilines is 1. The van der Waals surface area contributed by atoms with E-state index in [0.29, 0.717) is 24.3 Å². The number of carbonyl (C=O) groups excluding carboxylic acids is 1. The number of hydrogen-bond donors (Lipinski definition) is 1. The van der Waals surface area contributed by atoms with Crippen LogP contribution in [0.3, 0.4) is 0 Å². The molecule has 1 amide bonds. The van der Waals surface area contributed by atoms with Gasteiger partial charge >= 0.3 is 0 Å². The van der Waals surface area contributed by atoms with Gasteiger partial charge in [-0.1, -0.05) is 18.2 Å². The van der Waals surface area contributed by atoms with Crippen molar-refractivity contribution in [2.45, 2.75) is 17.4 Å². The molecule has 3 heterocycles. The number of pyridine rings is 2. The lowest BCUT2D eigenvalue weighted by molar-refractivity contribution is -0.0167. The summed E-state index contributed by atoms with van der Waals surface area (Å²) in [6, 6.07) is 19.2. The third-order valence-electron chi connectivity index (χ3n) is 6.48. The van der Waals surface area contributed by atoms with Gasteiger partial charge in [0, 0.05) is 43.0 Å². The van der Waals surface area contributed by atoms with Crippen molar-refractivity contribution in [3.05, 3.63) is 78.6 Å². The highest BCUT2D eigenvalue weighted by Crippen LogP contribution is 2.34. The summed E-state index contributed by atoms with van der Waals surface area (Å²) < 4.78 is 39.4. The molecule has 9 nitrogen and oxygen atoms in total. The standard InChI is InChI=1S/C27H26N4O5S/c1-27(36-3)16-31(17-27)18-10-13-24(35-2)25(15-18)37(33,34)30-26(32)23-12-11-20-19(7-6-9-22(20)29-23)21-8-4-5-14-28-21/h4-15H,16-17H2,1-3H3,(H,30,32).